The molecule has 0 spiro atoms. The summed E-state index contributed by atoms with van der Waals surface area (Å²) in [6.45, 7) is 4.31. The first-order valence-corrected chi connectivity index (χ1v) is 9.22. The lowest BCUT2D eigenvalue weighted by atomic mass is 10.0. The first-order chi connectivity index (χ1) is 13.4. The van der Waals surface area contributed by atoms with Crippen molar-refractivity contribution in [1.29, 1.82) is 5.26 Å². The zero-order valence-electron chi connectivity index (χ0n) is 16.0. The second-order valence-corrected chi connectivity index (χ2v) is 7.08. The van der Waals surface area contributed by atoms with Crippen LogP contribution in [0.1, 0.15) is 17.5 Å². The molecule has 1 fully saturated rings. The number of carboxylic acid groups (broad SMARTS) is 1. The van der Waals surface area contributed by atoms with Crippen LogP contribution in [0.5, 0.6) is 0 Å². The molecule has 8 heteroatoms. The summed E-state index contributed by atoms with van der Waals surface area (Å²) in [7, 11) is 1.58. The predicted molar refractivity (Wildman–Crippen MR) is 104 cm³/mol. The van der Waals surface area contributed by atoms with E-state index in [0.29, 0.717) is 38.2 Å². The molecule has 2 heterocycles. The van der Waals surface area contributed by atoms with Crippen LogP contribution >= 0.6 is 0 Å². The number of likely N-dealkylation sites (tertiary alicyclic amines) is 1. The van der Waals surface area contributed by atoms with Crippen molar-refractivity contribution in [2.24, 2.45) is 0 Å². The fourth-order valence-electron chi connectivity index (χ4n) is 3.84. The minimum atomic E-state index is -1.05. The van der Waals surface area contributed by atoms with Crippen molar-refractivity contribution in [3.63, 3.8) is 0 Å². The van der Waals surface area contributed by atoms with Crippen LogP contribution < -0.4 is 10.9 Å². The number of ether oxygens (including phenoxy) is 1. The van der Waals surface area contributed by atoms with Crippen molar-refractivity contribution in [1.82, 2.24) is 14.8 Å². The van der Waals surface area contributed by atoms with Crippen LogP contribution in [0.15, 0.2) is 29.1 Å². The maximum atomic E-state index is 12.6. The number of benzene rings is 1. The highest BCUT2D eigenvalue weighted by Crippen LogP contribution is 2.19. The summed E-state index contributed by atoms with van der Waals surface area (Å²) in [4.78, 5) is 25.7. The van der Waals surface area contributed by atoms with Crippen molar-refractivity contribution in [2.75, 3.05) is 26.7 Å². The molecule has 148 valence electrons. The summed E-state index contributed by atoms with van der Waals surface area (Å²) in [5, 5.41) is 21.6. The standard InChI is InChI=1S/C20H24N4O4/c1-13-9-19(25)24(17-10-14(11-21)3-4-15(13)17)8-7-23-6-5-16(22-20(26)27)18(12-23)28-2/h3-4,9-10,16,18,22H,5-8,12H2,1-2H3,(H,26,27)/t16-,18-/m1/s1. The molecule has 0 unspecified atom stereocenters. The average molecular weight is 384 g/mol. The number of rotatable bonds is 5. The maximum absolute atomic E-state index is 12.6. The normalized spacial score (nSPS) is 20.0. The lowest BCUT2D eigenvalue weighted by Crippen LogP contribution is -2.55. The van der Waals surface area contributed by atoms with E-state index in [1.807, 2.05) is 13.0 Å². The Morgan fingerprint density at radius 2 is 2.18 bits per heavy atom. The number of pyridine rings is 1. The van der Waals surface area contributed by atoms with Gasteiger partial charge >= 0.3 is 6.09 Å². The van der Waals surface area contributed by atoms with Crippen molar-refractivity contribution in [3.8, 4) is 6.07 Å². The van der Waals surface area contributed by atoms with Gasteiger partial charge in [-0.1, -0.05) is 6.07 Å². The molecule has 1 aliphatic rings. The van der Waals surface area contributed by atoms with Gasteiger partial charge in [0.1, 0.15) is 0 Å². The Morgan fingerprint density at radius 1 is 1.39 bits per heavy atom. The number of hydrogen-bond acceptors (Lipinski definition) is 5. The van der Waals surface area contributed by atoms with Gasteiger partial charge in [-0.25, -0.2) is 4.79 Å². The van der Waals surface area contributed by atoms with E-state index >= 15 is 0 Å². The number of amides is 1. The lowest BCUT2D eigenvalue weighted by molar-refractivity contribution is 0.00609. The average Bonchev–Trinajstić information content (AvgIpc) is 2.67. The molecule has 2 N–H and O–H groups in total. The van der Waals surface area contributed by atoms with E-state index in [2.05, 4.69) is 16.3 Å². The molecule has 1 aromatic heterocycles. The predicted octanol–water partition coefficient (Wildman–Crippen LogP) is 1.54. The van der Waals surface area contributed by atoms with Gasteiger partial charge in [0.2, 0.25) is 0 Å². The van der Waals surface area contributed by atoms with Gasteiger partial charge in [-0.15, -0.1) is 0 Å². The second-order valence-electron chi connectivity index (χ2n) is 7.08. The Balaban J connectivity index is 1.78. The molecule has 3 rings (SSSR count). The maximum Gasteiger partial charge on any atom is 0.404 e. The Labute approximate surface area is 162 Å². The number of nitrogens with one attached hydrogen (secondary N) is 1. The summed E-state index contributed by atoms with van der Waals surface area (Å²) in [5.74, 6) is 0. The van der Waals surface area contributed by atoms with E-state index in [1.165, 1.54) is 0 Å². The number of fused-ring (bicyclic) bond motifs is 1. The number of methoxy groups -OCH3 is 1. The third kappa shape index (κ3) is 4.16. The molecular weight excluding hydrogens is 360 g/mol. The molecular formula is C20H24N4O4. The van der Waals surface area contributed by atoms with E-state index < -0.39 is 6.09 Å². The van der Waals surface area contributed by atoms with Gasteiger partial charge in [0.25, 0.3) is 5.56 Å². The molecule has 1 saturated heterocycles. The Morgan fingerprint density at radius 3 is 2.86 bits per heavy atom. The Bertz CT molecular complexity index is 979. The molecule has 1 aliphatic heterocycles. The first kappa shape index (κ1) is 19.9. The summed E-state index contributed by atoms with van der Waals surface area (Å²) >= 11 is 0. The molecule has 28 heavy (non-hydrogen) atoms. The number of aryl methyl sites for hydroxylation is 1. The smallest absolute Gasteiger partial charge is 0.404 e. The Kier molecular flexibility index (Phi) is 5.97. The van der Waals surface area contributed by atoms with Gasteiger partial charge in [-0.2, -0.15) is 5.26 Å². The zero-order valence-corrected chi connectivity index (χ0v) is 16.0. The summed E-state index contributed by atoms with van der Waals surface area (Å²) < 4.78 is 7.16. The SMILES string of the molecule is CO[C@@H]1CN(CCn2c(=O)cc(C)c3ccc(C#N)cc32)CC[C@H]1NC(=O)O. The van der Waals surface area contributed by atoms with E-state index in [-0.39, 0.29) is 17.7 Å². The highest BCUT2D eigenvalue weighted by molar-refractivity contribution is 5.83. The van der Waals surface area contributed by atoms with E-state index in [4.69, 9.17) is 9.84 Å². The number of hydrogen-bond donors (Lipinski definition) is 2. The number of carbonyl (C=O) groups is 1. The van der Waals surface area contributed by atoms with Gasteiger partial charge in [0.05, 0.1) is 29.3 Å². The first-order valence-electron chi connectivity index (χ1n) is 9.22. The number of nitriles is 1. The van der Waals surface area contributed by atoms with Crippen LogP contribution in [0.2, 0.25) is 0 Å². The van der Waals surface area contributed by atoms with E-state index in [0.717, 1.165) is 16.5 Å². The minimum Gasteiger partial charge on any atom is -0.465 e. The number of piperidine rings is 1. The highest BCUT2D eigenvalue weighted by Gasteiger charge is 2.30. The zero-order chi connectivity index (χ0) is 20.3. The van der Waals surface area contributed by atoms with Gasteiger partial charge in [0, 0.05) is 44.7 Å². The fourth-order valence-corrected chi connectivity index (χ4v) is 3.84. The third-order valence-corrected chi connectivity index (χ3v) is 5.34. The lowest BCUT2D eigenvalue weighted by Gasteiger charge is -2.37. The van der Waals surface area contributed by atoms with Crippen LogP contribution in [0.4, 0.5) is 4.79 Å². The van der Waals surface area contributed by atoms with Crippen molar-refractivity contribution in [3.05, 3.63) is 45.7 Å². The molecule has 1 aromatic carbocycles. The van der Waals surface area contributed by atoms with Crippen LogP contribution in [0.25, 0.3) is 10.9 Å². The van der Waals surface area contributed by atoms with Gasteiger partial charge in [-0.3, -0.25) is 9.69 Å². The van der Waals surface area contributed by atoms with Crippen LogP contribution in [0, 0.1) is 18.3 Å². The fraction of sp³-hybridized carbons (Fsp3) is 0.450. The molecule has 2 aromatic rings. The minimum absolute atomic E-state index is 0.0918. The summed E-state index contributed by atoms with van der Waals surface area (Å²) in [6.07, 6.45) is -0.638. The van der Waals surface area contributed by atoms with Crippen LogP contribution in [-0.2, 0) is 11.3 Å². The molecule has 0 aliphatic carbocycles. The van der Waals surface area contributed by atoms with Crippen LogP contribution in [-0.4, -0.2) is 59.6 Å². The topological polar surface area (TPSA) is 108 Å². The summed E-state index contributed by atoms with van der Waals surface area (Å²) in [6, 6.07) is 8.90. The third-order valence-electron chi connectivity index (χ3n) is 5.34. The van der Waals surface area contributed by atoms with Crippen molar-refractivity contribution in [2.45, 2.75) is 32.0 Å². The molecule has 0 bridgehead atoms. The van der Waals surface area contributed by atoms with Crippen molar-refractivity contribution < 1.29 is 14.6 Å². The molecule has 1 amide bonds. The highest BCUT2D eigenvalue weighted by atomic mass is 16.5. The molecule has 2 atom stereocenters. The molecule has 0 radical (unpaired) electrons. The number of nitrogens with zero attached hydrogens (tertiary/aromatic N) is 3. The van der Waals surface area contributed by atoms with Gasteiger partial charge in [-0.05, 0) is 31.0 Å². The van der Waals surface area contributed by atoms with Gasteiger partial charge in [0.15, 0.2) is 0 Å². The number of aromatic nitrogens is 1. The van der Waals surface area contributed by atoms with Crippen molar-refractivity contribution >= 4 is 17.0 Å². The van der Waals surface area contributed by atoms with Gasteiger partial charge < -0.3 is 19.7 Å². The van der Waals surface area contributed by atoms with E-state index in [1.54, 1.807) is 29.9 Å². The monoisotopic (exact) mass is 384 g/mol. The summed E-state index contributed by atoms with van der Waals surface area (Å²) in [5.41, 5.74) is 2.08. The molecule has 0 saturated carbocycles. The molecule has 8 nitrogen and oxygen atoms in total. The Hall–Kier alpha value is -2.89. The largest absolute Gasteiger partial charge is 0.465 e. The second kappa shape index (κ2) is 8.42. The quantitative estimate of drug-likeness (QED) is 0.810. The van der Waals surface area contributed by atoms with Crippen LogP contribution in [0.3, 0.4) is 0 Å². The van der Waals surface area contributed by atoms with E-state index in [9.17, 15) is 14.9 Å².